The van der Waals surface area contributed by atoms with Crippen molar-refractivity contribution in [1.29, 1.82) is 0 Å². The zero-order valence-corrected chi connectivity index (χ0v) is 12.0. The Kier molecular flexibility index (Phi) is 5.15. The molecule has 2 amide bonds. The van der Waals surface area contributed by atoms with Gasteiger partial charge in [-0.3, -0.25) is 9.48 Å². The topological polar surface area (TPSA) is 96.7 Å². The summed E-state index contributed by atoms with van der Waals surface area (Å²) >= 11 is 0. The number of ether oxygens (including phenoxy) is 1. The molecular formula is C13H20N4O4. The molecule has 1 fully saturated rings. The summed E-state index contributed by atoms with van der Waals surface area (Å²) in [5.41, 5.74) is 0.495. The number of nitrogens with zero attached hydrogens (tertiary/aromatic N) is 3. The second kappa shape index (κ2) is 7.07. The van der Waals surface area contributed by atoms with Crippen molar-refractivity contribution < 1.29 is 19.4 Å². The van der Waals surface area contributed by atoms with Crippen molar-refractivity contribution in [1.82, 2.24) is 14.7 Å². The van der Waals surface area contributed by atoms with Crippen molar-refractivity contribution in [3.05, 3.63) is 12.4 Å². The molecular weight excluding hydrogens is 276 g/mol. The number of hydrogen-bond acceptors (Lipinski definition) is 4. The van der Waals surface area contributed by atoms with Crippen LogP contribution in [-0.4, -0.2) is 58.6 Å². The standard InChI is InChI=1S/C13H20N4O4/c1-21-9-10-3-2-4-16(6-10)13(20)15-11-5-14-17(7-11)8-12(18)19/h5,7,10H,2-4,6,8-9H2,1H3,(H,15,20)(H,18,19). The highest BCUT2D eigenvalue weighted by atomic mass is 16.5. The van der Waals surface area contributed by atoms with Gasteiger partial charge in [0.2, 0.25) is 0 Å². The Hall–Kier alpha value is -2.09. The number of hydrogen-bond donors (Lipinski definition) is 2. The van der Waals surface area contributed by atoms with Crippen LogP contribution >= 0.6 is 0 Å². The molecule has 2 N–H and O–H groups in total. The molecule has 21 heavy (non-hydrogen) atoms. The Morgan fingerprint density at radius 1 is 1.57 bits per heavy atom. The predicted molar refractivity (Wildman–Crippen MR) is 75.1 cm³/mol. The fourth-order valence-electron chi connectivity index (χ4n) is 2.48. The fraction of sp³-hybridized carbons (Fsp3) is 0.615. The quantitative estimate of drug-likeness (QED) is 0.840. The number of methoxy groups -OCH3 is 1. The normalized spacial score (nSPS) is 18.5. The number of aromatic nitrogens is 2. The summed E-state index contributed by atoms with van der Waals surface area (Å²) in [6, 6.07) is -0.189. The molecule has 116 valence electrons. The lowest BCUT2D eigenvalue weighted by Gasteiger charge is -2.32. The number of urea groups is 1. The Balaban J connectivity index is 1.88. The molecule has 1 atom stereocenters. The minimum Gasteiger partial charge on any atom is -0.480 e. The van der Waals surface area contributed by atoms with Crippen molar-refractivity contribution in [3.8, 4) is 0 Å². The first-order valence-corrected chi connectivity index (χ1v) is 6.87. The summed E-state index contributed by atoms with van der Waals surface area (Å²) < 4.78 is 6.41. The number of rotatable bonds is 5. The van der Waals surface area contributed by atoms with E-state index in [9.17, 15) is 9.59 Å². The predicted octanol–water partition coefficient (Wildman–Crippen LogP) is 0.858. The second-order valence-electron chi connectivity index (χ2n) is 5.16. The van der Waals surface area contributed by atoms with Gasteiger partial charge in [0, 0.05) is 32.3 Å². The molecule has 2 heterocycles. The smallest absolute Gasteiger partial charge is 0.325 e. The van der Waals surface area contributed by atoms with E-state index in [1.807, 2.05) is 0 Å². The van der Waals surface area contributed by atoms with Gasteiger partial charge >= 0.3 is 12.0 Å². The van der Waals surface area contributed by atoms with Crippen LogP contribution < -0.4 is 5.32 Å². The van der Waals surface area contributed by atoms with Crippen LogP contribution in [0, 0.1) is 5.92 Å². The highest BCUT2D eigenvalue weighted by Gasteiger charge is 2.23. The molecule has 0 bridgehead atoms. The number of carbonyl (C=O) groups is 2. The van der Waals surface area contributed by atoms with Gasteiger partial charge in [-0.2, -0.15) is 5.10 Å². The zero-order valence-electron chi connectivity index (χ0n) is 12.0. The number of carboxylic acid groups (broad SMARTS) is 1. The Morgan fingerprint density at radius 3 is 3.10 bits per heavy atom. The number of aliphatic carboxylic acids is 1. The SMILES string of the molecule is COCC1CCCN(C(=O)Nc2cnn(CC(=O)O)c2)C1. The Labute approximate surface area is 122 Å². The van der Waals surface area contributed by atoms with Crippen LogP contribution in [0.15, 0.2) is 12.4 Å². The number of nitrogens with one attached hydrogen (secondary N) is 1. The van der Waals surface area contributed by atoms with E-state index in [2.05, 4.69) is 10.4 Å². The highest BCUT2D eigenvalue weighted by molar-refractivity contribution is 5.89. The molecule has 0 radical (unpaired) electrons. The van der Waals surface area contributed by atoms with Gasteiger partial charge in [-0.25, -0.2) is 4.79 Å². The van der Waals surface area contributed by atoms with Gasteiger partial charge in [0.15, 0.2) is 0 Å². The van der Waals surface area contributed by atoms with Gasteiger partial charge in [-0.05, 0) is 12.8 Å². The molecule has 1 aliphatic rings. The molecule has 8 heteroatoms. The van der Waals surface area contributed by atoms with Crippen LogP contribution in [0.3, 0.4) is 0 Å². The van der Waals surface area contributed by atoms with E-state index < -0.39 is 5.97 Å². The van der Waals surface area contributed by atoms with E-state index in [1.165, 1.54) is 17.1 Å². The van der Waals surface area contributed by atoms with Crippen molar-refractivity contribution in [2.24, 2.45) is 5.92 Å². The summed E-state index contributed by atoms with van der Waals surface area (Å²) in [5.74, 6) is -0.612. The van der Waals surface area contributed by atoms with Gasteiger partial charge < -0.3 is 20.1 Å². The molecule has 1 unspecified atom stereocenters. The largest absolute Gasteiger partial charge is 0.480 e. The summed E-state index contributed by atoms with van der Waals surface area (Å²) in [6.07, 6.45) is 4.97. The van der Waals surface area contributed by atoms with Crippen LogP contribution in [0.2, 0.25) is 0 Å². The molecule has 8 nitrogen and oxygen atoms in total. The summed E-state index contributed by atoms with van der Waals surface area (Å²) in [7, 11) is 1.66. The molecule has 0 spiro atoms. The molecule has 1 aromatic heterocycles. The number of likely N-dealkylation sites (tertiary alicyclic amines) is 1. The third kappa shape index (κ3) is 4.45. The van der Waals surface area contributed by atoms with Gasteiger partial charge in [0.1, 0.15) is 6.54 Å². The molecule has 1 saturated heterocycles. The summed E-state index contributed by atoms with van der Waals surface area (Å²) in [6.45, 7) is 1.81. The molecule has 2 rings (SSSR count). The van der Waals surface area contributed by atoms with Gasteiger partial charge in [-0.15, -0.1) is 0 Å². The maximum atomic E-state index is 12.2. The van der Waals surface area contributed by atoms with Gasteiger partial charge in [0.25, 0.3) is 0 Å². The maximum absolute atomic E-state index is 12.2. The first kappa shape index (κ1) is 15.3. The molecule has 1 aromatic rings. The fourth-order valence-corrected chi connectivity index (χ4v) is 2.48. The van der Waals surface area contributed by atoms with Crippen molar-refractivity contribution in [3.63, 3.8) is 0 Å². The van der Waals surface area contributed by atoms with Crippen LogP contribution in [0.4, 0.5) is 10.5 Å². The third-order valence-electron chi connectivity index (χ3n) is 3.39. The highest BCUT2D eigenvalue weighted by Crippen LogP contribution is 2.17. The number of amides is 2. The molecule has 0 aromatic carbocycles. The van der Waals surface area contributed by atoms with Crippen molar-refractivity contribution in [2.75, 3.05) is 32.1 Å². The molecule has 0 aliphatic carbocycles. The third-order valence-corrected chi connectivity index (χ3v) is 3.39. The first-order chi connectivity index (χ1) is 10.1. The average Bonchev–Trinajstić information content (AvgIpc) is 2.86. The number of piperidine rings is 1. The van der Waals surface area contributed by atoms with Crippen LogP contribution in [0.5, 0.6) is 0 Å². The van der Waals surface area contributed by atoms with E-state index in [1.54, 1.807) is 12.0 Å². The van der Waals surface area contributed by atoms with E-state index >= 15 is 0 Å². The Bertz CT molecular complexity index is 500. The lowest BCUT2D eigenvalue weighted by atomic mass is 9.99. The van der Waals surface area contributed by atoms with Gasteiger partial charge in [0.05, 0.1) is 18.5 Å². The zero-order chi connectivity index (χ0) is 15.2. The molecule has 0 saturated carbocycles. The average molecular weight is 296 g/mol. The minimum absolute atomic E-state index is 0.189. The van der Waals surface area contributed by atoms with Crippen LogP contribution in [-0.2, 0) is 16.1 Å². The summed E-state index contributed by atoms with van der Waals surface area (Å²) in [4.78, 5) is 24.5. The molecule has 1 aliphatic heterocycles. The number of anilines is 1. The van der Waals surface area contributed by atoms with Crippen LogP contribution in [0.25, 0.3) is 0 Å². The minimum atomic E-state index is -0.977. The first-order valence-electron chi connectivity index (χ1n) is 6.87. The van der Waals surface area contributed by atoms with Crippen LogP contribution in [0.1, 0.15) is 12.8 Å². The van der Waals surface area contributed by atoms with Crippen molar-refractivity contribution in [2.45, 2.75) is 19.4 Å². The van der Waals surface area contributed by atoms with E-state index in [0.717, 1.165) is 19.4 Å². The lowest BCUT2D eigenvalue weighted by Crippen LogP contribution is -2.43. The lowest BCUT2D eigenvalue weighted by molar-refractivity contribution is -0.137. The second-order valence-corrected chi connectivity index (χ2v) is 5.16. The number of carboxylic acids is 1. The summed E-state index contributed by atoms with van der Waals surface area (Å²) in [5, 5.41) is 15.3. The number of carbonyl (C=O) groups excluding carboxylic acids is 1. The maximum Gasteiger partial charge on any atom is 0.325 e. The Morgan fingerprint density at radius 2 is 2.38 bits per heavy atom. The van der Waals surface area contributed by atoms with E-state index in [-0.39, 0.29) is 12.6 Å². The van der Waals surface area contributed by atoms with E-state index in [0.29, 0.717) is 24.8 Å². The van der Waals surface area contributed by atoms with E-state index in [4.69, 9.17) is 9.84 Å². The van der Waals surface area contributed by atoms with Crippen molar-refractivity contribution >= 4 is 17.7 Å². The van der Waals surface area contributed by atoms with Gasteiger partial charge in [-0.1, -0.05) is 0 Å². The monoisotopic (exact) mass is 296 g/mol.